The Morgan fingerprint density at radius 2 is 1.83 bits per heavy atom. The predicted octanol–water partition coefficient (Wildman–Crippen LogP) is 4.70. The highest BCUT2D eigenvalue weighted by molar-refractivity contribution is 6.32. The molecular weight excluding hydrogens is 408 g/mol. The summed E-state index contributed by atoms with van der Waals surface area (Å²) in [4.78, 5) is 12.8. The minimum Gasteiger partial charge on any atom is -0.497 e. The molecule has 0 aliphatic rings. The molecule has 0 fully saturated rings. The van der Waals surface area contributed by atoms with Crippen LogP contribution in [0.15, 0.2) is 35.9 Å². The Bertz CT molecular complexity index is 982. The molecule has 0 bridgehead atoms. The molecule has 30 heavy (non-hydrogen) atoms. The molecule has 0 heterocycles. The second kappa shape index (κ2) is 11.0. The minimum absolute atomic E-state index is 0.113. The zero-order valence-corrected chi connectivity index (χ0v) is 18.0. The molecule has 0 saturated heterocycles. The van der Waals surface area contributed by atoms with Gasteiger partial charge in [-0.05, 0) is 24.6 Å². The summed E-state index contributed by atoms with van der Waals surface area (Å²) in [7, 11) is 4.46. The van der Waals surface area contributed by atoms with E-state index in [2.05, 4.69) is 5.32 Å². The van der Waals surface area contributed by atoms with Crippen LogP contribution in [0, 0.1) is 11.3 Å². The third-order valence-corrected chi connectivity index (χ3v) is 4.36. The van der Waals surface area contributed by atoms with E-state index in [-0.39, 0.29) is 5.57 Å². The number of rotatable bonds is 9. The average molecular weight is 431 g/mol. The summed E-state index contributed by atoms with van der Waals surface area (Å²) in [6, 6.07) is 10.1. The van der Waals surface area contributed by atoms with Gasteiger partial charge in [-0.3, -0.25) is 4.79 Å². The van der Waals surface area contributed by atoms with Crippen molar-refractivity contribution < 1.29 is 23.7 Å². The van der Waals surface area contributed by atoms with Gasteiger partial charge in [0.25, 0.3) is 5.91 Å². The van der Waals surface area contributed by atoms with Crippen LogP contribution in [0.3, 0.4) is 0 Å². The van der Waals surface area contributed by atoms with E-state index in [4.69, 9.17) is 30.5 Å². The fourth-order valence-electron chi connectivity index (χ4n) is 2.55. The van der Waals surface area contributed by atoms with Crippen molar-refractivity contribution in [3.8, 4) is 29.1 Å². The molecule has 1 amide bonds. The molecule has 1 N–H and O–H groups in total. The van der Waals surface area contributed by atoms with Crippen LogP contribution in [0.25, 0.3) is 6.08 Å². The maximum absolute atomic E-state index is 12.8. The van der Waals surface area contributed by atoms with Crippen molar-refractivity contribution in [2.24, 2.45) is 0 Å². The molecule has 0 atom stereocenters. The van der Waals surface area contributed by atoms with Crippen LogP contribution in [-0.4, -0.2) is 33.8 Å². The number of hydrogen-bond donors (Lipinski definition) is 1. The third-order valence-electron chi connectivity index (χ3n) is 4.07. The first-order valence-electron chi connectivity index (χ1n) is 9.12. The largest absolute Gasteiger partial charge is 0.497 e. The fraction of sp³-hybridized carbons (Fsp3) is 0.273. The maximum Gasteiger partial charge on any atom is 0.266 e. The average Bonchev–Trinajstić information content (AvgIpc) is 2.76. The van der Waals surface area contributed by atoms with Crippen molar-refractivity contribution in [2.75, 3.05) is 33.3 Å². The lowest BCUT2D eigenvalue weighted by molar-refractivity contribution is -0.112. The number of nitriles is 1. The van der Waals surface area contributed by atoms with Crippen molar-refractivity contribution in [1.82, 2.24) is 0 Å². The lowest BCUT2D eigenvalue weighted by Gasteiger charge is -2.13. The predicted molar refractivity (Wildman–Crippen MR) is 116 cm³/mol. The van der Waals surface area contributed by atoms with Crippen molar-refractivity contribution in [3.63, 3.8) is 0 Å². The van der Waals surface area contributed by atoms with Gasteiger partial charge in [-0.15, -0.1) is 0 Å². The van der Waals surface area contributed by atoms with Gasteiger partial charge in [0.15, 0.2) is 0 Å². The number of methoxy groups -OCH3 is 3. The minimum atomic E-state index is -0.613. The lowest BCUT2D eigenvalue weighted by Crippen LogP contribution is -2.14. The summed E-state index contributed by atoms with van der Waals surface area (Å²) in [5, 5.41) is 12.5. The summed E-state index contributed by atoms with van der Waals surface area (Å²) in [5.74, 6) is 1.21. The number of nitrogens with zero attached hydrogens (tertiary/aromatic N) is 1. The Labute approximate surface area is 180 Å². The van der Waals surface area contributed by atoms with Gasteiger partial charge < -0.3 is 24.3 Å². The summed E-state index contributed by atoms with van der Waals surface area (Å²) < 4.78 is 21.4. The van der Waals surface area contributed by atoms with E-state index in [0.717, 1.165) is 6.42 Å². The molecule has 0 aliphatic carbocycles. The van der Waals surface area contributed by atoms with E-state index in [1.807, 2.05) is 13.0 Å². The van der Waals surface area contributed by atoms with Gasteiger partial charge in [0, 0.05) is 23.8 Å². The fourth-order valence-corrected chi connectivity index (χ4v) is 2.78. The van der Waals surface area contributed by atoms with Crippen LogP contribution in [-0.2, 0) is 4.79 Å². The van der Waals surface area contributed by atoms with Crippen molar-refractivity contribution in [3.05, 3.63) is 46.5 Å². The van der Waals surface area contributed by atoms with Gasteiger partial charge >= 0.3 is 0 Å². The zero-order valence-electron chi connectivity index (χ0n) is 17.2. The summed E-state index contributed by atoms with van der Waals surface area (Å²) in [5.41, 5.74) is 0.788. The second-order valence-electron chi connectivity index (χ2n) is 6.06. The van der Waals surface area contributed by atoms with Gasteiger partial charge in [0.1, 0.15) is 34.6 Å². The van der Waals surface area contributed by atoms with E-state index < -0.39 is 5.91 Å². The van der Waals surface area contributed by atoms with Crippen LogP contribution in [0.4, 0.5) is 5.69 Å². The Balaban J connectivity index is 2.38. The van der Waals surface area contributed by atoms with Gasteiger partial charge in [0.2, 0.25) is 0 Å². The second-order valence-corrected chi connectivity index (χ2v) is 6.47. The summed E-state index contributed by atoms with van der Waals surface area (Å²) in [6.45, 7) is 2.47. The SMILES string of the molecule is CCCOc1cc(OC)ccc1/C=C(\C#N)C(=O)Nc1cc(OC)c(Cl)cc1OC. The molecule has 0 aliphatic heterocycles. The molecule has 0 saturated carbocycles. The molecule has 0 radical (unpaired) electrons. The number of carbonyl (C=O) groups is 1. The van der Waals surface area contributed by atoms with Gasteiger partial charge in [-0.25, -0.2) is 0 Å². The number of halogens is 1. The highest BCUT2D eigenvalue weighted by atomic mass is 35.5. The number of benzene rings is 2. The first-order valence-corrected chi connectivity index (χ1v) is 9.50. The molecule has 0 spiro atoms. The Morgan fingerprint density at radius 1 is 1.10 bits per heavy atom. The smallest absolute Gasteiger partial charge is 0.266 e. The first kappa shape index (κ1) is 22.9. The van der Waals surface area contributed by atoms with E-state index in [1.54, 1.807) is 25.3 Å². The Kier molecular flexibility index (Phi) is 8.39. The van der Waals surface area contributed by atoms with E-state index in [0.29, 0.717) is 45.9 Å². The number of ether oxygens (including phenoxy) is 4. The molecule has 8 heteroatoms. The quantitative estimate of drug-likeness (QED) is 0.458. The van der Waals surface area contributed by atoms with Crippen LogP contribution in [0.5, 0.6) is 23.0 Å². The highest BCUT2D eigenvalue weighted by Crippen LogP contribution is 2.36. The highest BCUT2D eigenvalue weighted by Gasteiger charge is 2.16. The molecule has 158 valence electrons. The number of carbonyl (C=O) groups excluding carboxylic acids is 1. The molecular formula is C22H23ClN2O5. The van der Waals surface area contributed by atoms with Crippen LogP contribution < -0.4 is 24.3 Å². The Hall–Kier alpha value is -3.37. The number of anilines is 1. The van der Waals surface area contributed by atoms with Gasteiger partial charge in [-0.2, -0.15) is 5.26 Å². The maximum atomic E-state index is 12.8. The van der Waals surface area contributed by atoms with Crippen LogP contribution in [0.2, 0.25) is 5.02 Å². The molecule has 7 nitrogen and oxygen atoms in total. The van der Waals surface area contributed by atoms with E-state index in [1.165, 1.54) is 32.4 Å². The lowest BCUT2D eigenvalue weighted by atomic mass is 10.1. The number of nitrogens with one attached hydrogen (secondary N) is 1. The molecule has 2 aromatic carbocycles. The summed E-state index contributed by atoms with van der Waals surface area (Å²) >= 11 is 6.09. The van der Waals surface area contributed by atoms with Crippen molar-refractivity contribution in [2.45, 2.75) is 13.3 Å². The zero-order chi connectivity index (χ0) is 22.1. The summed E-state index contributed by atoms with van der Waals surface area (Å²) in [6.07, 6.45) is 2.27. The van der Waals surface area contributed by atoms with Crippen molar-refractivity contribution >= 4 is 29.3 Å². The normalized spacial score (nSPS) is 10.7. The Morgan fingerprint density at radius 3 is 2.43 bits per heavy atom. The standard InChI is InChI=1S/C22H23ClN2O5/c1-5-8-30-19-10-16(27-2)7-6-14(19)9-15(13-24)22(26)25-18-12-20(28-3)17(23)11-21(18)29-4/h6-7,9-12H,5,8H2,1-4H3,(H,25,26)/b15-9+. The van der Waals surface area contributed by atoms with Crippen LogP contribution >= 0.6 is 11.6 Å². The third kappa shape index (κ3) is 5.58. The first-order chi connectivity index (χ1) is 14.5. The monoisotopic (exact) mass is 430 g/mol. The van der Waals surface area contributed by atoms with Crippen molar-refractivity contribution in [1.29, 1.82) is 5.26 Å². The van der Waals surface area contributed by atoms with Crippen LogP contribution in [0.1, 0.15) is 18.9 Å². The number of hydrogen-bond acceptors (Lipinski definition) is 6. The van der Waals surface area contributed by atoms with Gasteiger partial charge in [0.05, 0.1) is 38.6 Å². The topological polar surface area (TPSA) is 89.8 Å². The molecule has 2 aromatic rings. The molecule has 0 aromatic heterocycles. The van der Waals surface area contributed by atoms with E-state index in [9.17, 15) is 10.1 Å². The van der Waals surface area contributed by atoms with E-state index >= 15 is 0 Å². The number of amides is 1. The van der Waals surface area contributed by atoms with Gasteiger partial charge in [-0.1, -0.05) is 18.5 Å². The molecule has 0 unspecified atom stereocenters. The molecule has 2 rings (SSSR count).